The number of hydrogen-bond donors (Lipinski definition) is 1. The van der Waals surface area contributed by atoms with Crippen LogP contribution in [0.3, 0.4) is 0 Å². The van der Waals surface area contributed by atoms with Crippen LogP contribution >= 0.6 is 0 Å². The highest BCUT2D eigenvalue weighted by Gasteiger charge is 2.38. The van der Waals surface area contributed by atoms with Gasteiger partial charge in [-0.15, -0.1) is 0 Å². The van der Waals surface area contributed by atoms with Crippen molar-refractivity contribution in [3.63, 3.8) is 0 Å². The second-order valence-corrected chi connectivity index (χ2v) is 9.05. The molecule has 4 rings (SSSR count). The predicted molar refractivity (Wildman–Crippen MR) is 119 cm³/mol. The Morgan fingerprint density at radius 2 is 1.73 bits per heavy atom. The largest absolute Gasteiger partial charge is 0.369 e. The fraction of sp³-hybridized carbons (Fsp3) is 0.667. The minimum Gasteiger partial charge on any atom is -0.369 e. The zero-order valence-corrected chi connectivity index (χ0v) is 18.1. The lowest BCUT2D eigenvalue weighted by Crippen LogP contribution is -2.46. The number of carbonyl (C=O) groups is 2. The molecule has 6 heteroatoms. The zero-order chi connectivity index (χ0) is 20.8. The van der Waals surface area contributed by atoms with Crippen LogP contribution in [0.15, 0.2) is 30.3 Å². The van der Waals surface area contributed by atoms with Gasteiger partial charge in [0, 0.05) is 57.4 Å². The van der Waals surface area contributed by atoms with Crippen LogP contribution in [0.1, 0.15) is 44.9 Å². The molecule has 1 aromatic carbocycles. The van der Waals surface area contributed by atoms with Crippen molar-refractivity contribution in [1.82, 2.24) is 15.1 Å². The lowest BCUT2D eigenvalue weighted by molar-refractivity contribution is -0.130. The van der Waals surface area contributed by atoms with Gasteiger partial charge in [0.05, 0.1) is 5.92 Å². The summed E-state index contributed by atoms with van der Waals surface area (Å²) in [5, 5.41) is 3.08. The van der Waals surface area contributed by atoms with Crippen molar-refractivity contribution < 1.29 is 9.59 Å². The number of rotatable bonds is 8. The Bertz CT molecular complexity index is 696. The third kappa shape index (κ3) is 5.34. The van der Waals surface area contributed by atoms with Crippen molar-refractivity contribution in [2.75, 3.05) is 50.7 Å². The van der Waals surface area contributed by atoms with E-state index in [-0.39, 0.29) is 17.7 Å². The molecule has 0 radical (unpaired) electrons. The molecule has 1 unspecified atom stereocenters. The molecule has 164 valence electrons. The van der Waals surface area contributed by atoms with E-state index in [1.54, 1.807) is 0 Å². The van der Waals surface area contributed by atoms with Gasteiger partial charge in [0.2, 0.25) is 11.8 Å². The summed E-state index contributed by atoms with van der Waals surface area (Å²) in [7, 11) is 0. The Morgan fingerprint density at radius 3 is 2.47 bits per heavy atom. The average Bonchev–Trinajstić information content (AvgIpc) is 3.44. The lowest BCUT2D eigenvalue weighted by Gasteiger charge is -2.36. The fourth-order valence-electron chi connectivity index (χ4n) is 5.16. The van der Waals surface area contributed by atoms with Crippen LogP contribution in [0.2, 0.25) is 0 Å². The van der Waals surface area contributed by atoms with Crippen LogP contribution in [-0.2, 0) is 9.59 Å². The molecule has 2 amide bonds. The maximum absolute atomic E-state index is 12.5. The van der Waals surface area contributed by atoms with Crippen molar-refractivity contribution in [3.8, 4) is 0 Å². The maximum Gasteiger partial charge on any atom is 0.225 e. The Labute approximate surface area is 180 Å². The second-order valence-electron chi connectivity index (χ2n) is 9.05. The number of anilines is 1. The minimum absolute atomic E-state index is 0.0697. The smallest absolute Gasteiger partial charge is 0.225 e. The van der Waals surface area contributed by atoms with Gasteiger partial charge < -0.3 is 15.1 Å². The van der Waals surface area contributed by atoms with Crippen molar-refractivity contribution >= 4 is 17.5 Å². The molecule has 2 aliphatic heterocycles. The number of para-hydroxylation sites is 1. The third-order valence-corrected chi connectivity index (χ3v) is 6.99. The highest BCUT2D eigenvalue weighted by molar-refractivity contribution is 5.89. The molecule has 1 saturated carbocycles. The summed E-state index contributed by atoms with van der Waals surface area (Å²) in [6.07, 6.45) is 7.15. The predicted octanol–water partition coefficient (Wildman–Crippen LogP) is 2.50. The molecule has 1 atom stereocenters. The summed E-state index contributed by atoms with van der Waals surface area (Å²) >= 11 is 0. The van der Waals surface area contributed by atoms with Gasteiger partial charge in [-0.25, -0.2) is 0 Å². The van der Waals surface area contributed by atoms with E-state index < -0.39 is 0 Å². The Morgan fingerprint density at radius 1 is 1.00 bits per heavy atom. The Hall–Kier alpha value is -2.08. The van der Waals surface area contributed by atoms with E-state index in [1.807, 2.05) is 4.90 Å². The molecular formula is C24H36N4O2. The van der Waals surface area contributed by atoms with E-state index in [4.69, 9.17) is 0 Å². The van der Waals surface area contributed by atoms with Gasteiger partial charge in [-0.1, -0.05) is 31.0 Å². The van der Waals surface area contributed by atoms with Crippen LogP contribution in [0.5, 0.6) is 0 Å². The number of nitrogens with one attached hydrogen (secondary N) is 1. The molecular weight excluding hydrogens is 376 g/mol. The summed E-state index contributed by atoms with van der Waals surface area (Å²) in [5.74, 6) is 0.0983. The second kappa shape index (κ2) is 10.3. The van der Waals surface area contributed by atoms with Crippen LogP contribution < -0.4 is 10.2 Å². The number of carbonyl (C=O) groups excluding carboxylic acids is 2. The number of amides is 2. The topological polar surface area (TPSA) is 55.9 Å². The van der Waals surface area contributed by atoms with Crippen LogP contribution in [0.4, 0.5) is 5.69 Å². The van der Waals surface area contributed by atoms with Gasteiger partial charge in [-0.2, -0.15) is 0 Å². The molecule has 2 saturated heterocycles. The van der Waals surface area contributed by atoms with E-state index in [0.717, 1.165) is 65.0 Å². The van der Waals surface area contributed by atoms with Crippen LogP contribution in [0, 0.1) is 5.92 Å². The first kappa shape index (κ1) is 21.2. The Kier molecular flexibility index (Phi) is 7.26. The first-order valence-electron chi connectivity index (χ1n) is 11.8. The maximum atomic E-state index is 12.5. The standard InChI is InChI=1S/C24H36N4O2/c29-23-18-20(19-28(23)22-10-4-5-11-22)24(30)25-12-6-7-13-26-14-16-27(17-15-26)21-8-2-1-3-9-21/h1-3,8-9,20,22H,4-7,10-19H2,(H,25,30). The number of hydrogen-bond acceptors (Lipinski definition) is 4. The first-order chi connectivity index (χ1) is 14.7. The number of nitrogens with zero attached hydrogens (tertiary/aromatic N) is 3. The molecule has 1 aliphatic carbocycles. The van der Waals surface area contributed by atoms with Crippen molar-refractivity contribution in [1.29, 1.82) is 0 Å². The van der Waals surface area contributed by atoms with E-state index in [1.165, 1.54) is 18.5 Å². The van der Waals surface area contributed by atoms with Crippen LogP contribution in [-0.4, -0.2) is 73.5 Å². The van der Waals surface area contributed by atoms with Gasteiger partial charge in [0.1, 0.15) is 0 Å². The third-order valence-electron chi connectivity index (χ3n) is 6.99. The van der Waals surface area contributed by atoms with Gasteiger partial charge in [0.25, 0.3) is 0 Å². The molecule has 3 fully saturated rings. The average molecular weight is 413 g/mol. The number of piperazine rings is 1. The number of benzene rings is 1. The summed E-state index contributed by atoms with van der Waals surface area (Å²) in [6.45, 7) is 6.79. The van der Waals surface area contributed by atoms with Crippen molar-refractivity contribution in [2.24, 2.45) is 5.92 Å². The Balaban J connectivity index is 1.08. The SMILES string of the molecule is O=C(NCCCCN1CCN(c2ccccc2)CC1)C1CC(=O)N(C2CCCC2)C1. The molecule has 0 bridgehead atoms. The van der Waals surface area contributed by atoms with E-state index in [0.29, 0.717) is 19.0 Å². The highest BCUT2D eigenvalue weighted by atomic mass is 16.2. The molecule has 0 spiro atoms. The molecule has 3 aliphatic rings. The van der Waals surface area contributed by atoms with E-state index in [9.17, 15) is 9.59 Å². The summed E-state index contributed by atoms with van der Waals surface area (Å²) in [5.41, 5.74) is 1.32. The molecule has 0 aromatic heterocycles. The van der Waals surface area contributed by atoms with Crippen LogP contribution in [0.25, 0.3) is 0 Å². The van der Waals surface area contributed by atoms with E-state index >= 15 is 0 Å². The van der Waals surface area contributed by atoms with Gasteiger partial charge in [-0.05, 0) is 44.4 Å². The highest BCUT2D eigenvalue weighted by Crippen LogP contribution is 2.29. The monoisotopic (exact) mass is 412 g/mol. The summed E-state index contributed by atoms with van der Waals surface area (Å²) in [4.78, 5) is 31.7. The minimum atomic E-state index is -0.149. The fourth-order valence-corrected chi connectivity index (χ4v) is 5.16. The first-order valence-corrected chi connectivity index (χ1v) is 11.8. The molecule has 6 nitrogen and oxygen atoms in total. The summed E-state index contributed by atoms with van der Waals surface area (Å²) < 4.78 is 0. The number of unbranched alkanes of at least 4 members (excludes halogenated alkanes) is 1. The normalized spacial score (nSPS) is 23.3. The van der Waals surface area contributed by atoms with Crippen molar-refractivity contribution in [3.05, 3.63) is 30.3 Å². The van der Waals surface area contributed by atoms with Gasteiger partial charge in [0.15, 0.2) is 0 Å². The van der Waals surface area contributed by atoms with Gasteiger partial charge >= 0.3 is 0 Å². The number of likely N-dealkylation sites (tertiary alicyclic amines) is 1. The van der Waals surface area contributed by atoms with E-state index in [2.05, 4.69) is 45.4 Å². The summed E-state index contributed by atoms with van der Waals surface area (Å²) in [6, 6.07) is 11.0. The zero-order valence-electron chi connectivity index (χ0n) is 18.1. The molecule has 1 N–H and O–H groups in total. The van der Waals surface area contributed by atoms with Crippen molar-refractivity contribution in [2.45, 2.75) is 51.0 Å². The lowest BCUT2D eigenvalue weighted by atomic mass is 10.1. The molecule has 1 aromatic rings. The molecule has 30 heavy (non-hydrogen) atoms. The van der Waals surface area contributed by atoms with Gasteiger partial charge in [-0.3, -0.25) is 14.5 Å². The molecule has 2 heterocycles. The quantitative estimate of drug-likeness (QED) is 0.667.